The number of pyridine rings is 1. The topological polar surface area (TPSA) is 81.1 Å². The second-order valence-electron chi connectivity index (χ2n) is 9.06. The molecule has 0 amide bonds. The van der Waals surface area contributed by atoms with E-state index in [-0.39, 0.29) is 23.3 Å². The van der Waals surface area contributed by atoms with E-state index in [1.807, 2.05) is 12.1 Å². The number of alkyl halides is 2. The van der Waals surface area contributed by atoms with E-state index >= 15 is 0 Å². The highest BCUT2D eigenvalue weighted by atomic mass is 19.3. The lowest BCUT2D eigenvalue weighted by molar-refractivity contribution is -0.0159. The molecule has 1 saturated heterocycles. The number of morpholine rings is 1. The van der Waals surface area contributed by atoms with E-state index in [0.717, 1.165) is 30.4 Å². The molecule has 184 valence electrons. The molecule has 2 aromatic heterocycles. The number of halogens is 3. The first-order valence-corrected chi connectivity index (χ1v) is 11.5. The van der Waals surface area contributed by atoms with E-state index in [0.29, 0.717) is 28.7 Å². The number of rotatable bonds is 5. The van der Waals surface area contributed by atoms with Gasteiger partial charge in [0.05, 0.1) is 40.6 Å². The summed E-state index contributed by atoms with van der Waals surface area (Å²) in [5, 5.41) is 11.8. The van der Waals surface area contributed by atoms with Gasteiger partial charge in [-0.2, -0.15) is 5.10 Å². The number of anilines is 1. The van der Waals surface area contributed by atoms with E-state index in [9.17, 15) is 18.0 Å². The quantitative estimate of drug-likeness (QED) is 0.568. The smallest absolute Gasteiger partial charge is 0.276 e. The van der Waals surface area contributed by atoms with Crippen LogP contribution in [-0.4, -0.2) is 40.1 Å². The molecule has 0 aliphatic carbocycles. The van der Waals surface area contributed by atoms with Gasteiger partial charge in [0, 0.05) is 37.5 Å². The zero-order valence-electron chi connectivity index (χ0n) is 19.6. The second-order valence-corrected chi connectivity index (χ2v) is 9.06. The van der Waals surface area contributed by atoms with Gasteiger partial charge in [0.25, 0.3) is 12.0 Å². The van der Waals surface area contributed by atoms with Gasteiger partial charge in [-0.25, -0.2) is 17.9 Å². The van der Waals surface area contributed by atoms with Crippen LogP contribution in [0.1, 0.15) is 48.3 Å². The van der Waals surface area contributed by atoms with Gasteiger partial charge in [-0.15, -0.1) is 0 Å². The minimum Gasteiger partial charge on any atom is -0.368 e. The zero-order chi connectivity index (χ0) is 24.9. The molecule has 3 atom stereocenters. The number of fused-ring (bicyclic) bond motifs is 3. The first kappa shape index (κ1) is 23.5. The molecule has 5 rings (SSSR count). The van der Waals surface area contributed by atoms with Crippen LogP contribution in [0.2, 0.25) is 0 Å². The van der Waals surface area contributed by atoms with Crippen LogP contribution in [0.3, 0.4) is 0 Å². The Hall–Kier alpha value is -3.24. The van der Waals surface area contributed by atoms with Gasteiger partial charge < -0.3 is 15.4 Å². The number of nitrogens with one attached hydrogen (secondary N) is 2. The fourth-order valence-electron chi connectivity index (χ4n) is 4.84. The van der Waals surface area contributed by atoms with Crippen LogP contribution >= 0.6 is 0 Å². The molecule has 7 nitrogen and oxygen atoms in total. The van der Waals surface area contributed by atoms with Crippen LogP contribution in [0.25, 0.3) is 16.3 Å². The zero-order valence-corrected chi connectivity index (χ0v) is 19.6. The third-order valence-corrected chi connectivity index (χ3v) is 6.57. The van der Waals surface area contributed by atoms with E-state index in [1.165, 1.54) is 23.9 Å². The van der Waals surface area contributed by atoms with Crippen molar-refractivity contribution in [1.82, 2.24) is 20.1 Å². The van der Waals surface area contributed by atoms with Crippen molar-refractivity contribution >= 4 is 22.2 Å². The molecule has 10 heteroatoms. The van der Waals surface area contributed by atoms with Crippen molar-refractivity contribution in [3.63, 3.8) is 0 Å². The molecule has 2 aliphatic rings. The van der Waals surface area contributed by atoms with Crippen LogP contribution in [0.4, 0.5) is 19.0 Å². The number of aromatic nitrogens is 3. The van der Waals surface area contributed by atoms with Gasteiger partial charge in [0.2, 0.25) is 0 Å². The summed E-state index contributed by atoms with van der Waals surface area (Å²) in [6.45, 7) is 4.92. The minimum atomic E-state index is -2.92. The van der Waals surface area contributed by atoms with Gasteiger partial charge in [-0.05, 0) is 31.6 Å². The van der Waals surface area contributed by atoms with Crippen molar-refractivity contribution in [2.45, 2.75) is 44.9 Å². The lowest BCUT2D eigenvalue weighted by atomic mass is 9.95. The van der Waals surface area contributed by atoms with E-state index < -0.39 is 23.8 Å². The van der Waals surface area contributed by atoms with Crippen LogP contribution in [0, 0.1) is 12.7 Å². The first-order chi connectivity index (χ1) is 16.7. The lowest BCUT2D eigenvalue weighted by Gasteiger charge is -2.34. The average Bonchev–Trinajstić information content (AvgIpc) is 2.81. The Labute approximate surface area is 200 Å². The predicted molar refractivity (Wildman–Crippen MR) is 127 cm³/mol. The Morgan fingerprint density at radius 1 is 1.26 bits per heavy atom. The molecule has 0 spiro atoms. The van der Waals surface area contributed by atoms with Gasteiger partial charge >= 0.3 is 0 Å². The summed E-state index contributed by atoms with van der Waals surface area (Å²) in [6, 6.07) is 5.06. The van der Waals surface area contributed by atoms with Crippen molar-refractivity contribution in [3.8, 4) is 0 Å². The molecule has 2 bridgehead atoms. The van der Waals surface area contributed by atoms with E-state index in [4.69, 9.17) is 9.72 Å². The number of ether oxygens (including phenoxy) is 1. The summed E-state index contributed by atoms with van der Waals surface area (Å²) in [7, 11) is 1.53. The van der Waals surface area contributed by atoms with Crippen molar-refractivity contribution in [2.75, 3.05) is 18.4 Å². The molecule has 1 fully saturated rings. The van der Waals surface area contributed by atoms with Crippen molar-refractivity contribution in [2.24, 2.45) is 7.05 Å². The van der Waals surface area contributed by atoms with Gasteiger partial charge in [-0.3, -0.25) is 9.78 Å². The maximum Gasteiger partial charge on any atom is 0.276 e. The number of nitrogens with zero attached hydrogens (tertiary/aromatic N) is 3. The highest BCUT2D eigenvalue weighted by Crippen LogP contribution is 2.33. The van der Waals surface area contributed by atoms with Crippen LogP contribution in [0.5, 0.6) is 0 Å². The summed E-state index contributed by atoms with van der Waals surface area (Å²) < 4.78 is 48.4. The number of hydrogen-bond donors (Lipinski definition) is 2. The van der Waals surface area contributed by atoms with Crippen molar-refractivity contribution in [1.29, 1.82) is 0 Å². The second kappa shape index (κ2) is 9.09. The standard InChI is InChI=1S/C25H26F3N5O2/c1-12(17-5-4-6-18(22(17)26)23(27)28)31-24-19-9-20(14-7-15-10-29-11-16(8-14)35-15)30-13(2)21(19)25(34)33(3)32-24/h4-7,9,12,15-16,23,29H,8,10-11H2,1-3H3,(H,31,32)/t12-,15-,16+/m1/s1. The normalized spacial score (nSPS) is 20.7. The Morgan fingerprint density at radius 3 is 2.77 bits per heavy atom. The highest BCUT2D eigenvalue weighted by Gasteiger charge is 2.28. The molecular formula is C25H26F3N5O2. The van der Waals surface area contributed by atoms with Crippen molar-refractivity contribution < 1.29 is 17.9 Å². The molecule has 4 heterocycles. The third-order valence-electron chi connectivity index (χ3n) is 6.57. The first-order valence-electron chi connectivity index (χ1n) is 11.5. The Morgan fingerprint density at radius 2 is 2.03 bits per heavy atom. The molecule has 2 aliphatic heterocycles. The average molecular weight is 486 g/mol. The molecule has 0 radical (unpaired) electrons. The fraction of sp³-hybridized carbons (Fsp3) is 0.400. The van der Waals surface area contributed by atoms with Crippen LogP contribution in [-0.2, 0) is 11.8 Å². The Kier molecular flexibility index (Phi) is 6.10. The highest BCUT2D eigenvalue weighted by molar-refractivity contribution is 5.94. The summed E-state index contributed by atoms with van der Waals surface area (Å²) in [6.07, 6.45) is -0.177. The summed E-state index contributed by atoms with van der Waals surface area (Å²) in [4.78, 5) is 17.6. The largest absolute Gasteiger partial charge is 0.368 e. The SMILES string of the molecule is Cc1nc(C2=C[C@@H]3CNC[C@H](C2)O3)cc2c(N[C@H](C)c3cccc(C(F)F)c3F)nn(C)c(=O)c12. The maximum absolute atomic E-state index is 14.8. The number of aryl methyl sites for hydroxylation is 2. The van der Waals surface area contributed by atoms with E-state index in [2.05, 4.69) is 15.7 Å². The monoisotopic (exact) mass is 485 g/mol. The molecule has 0 saturated carbocycles. The number of benzene rings is 1. The van der Waals surface area contributed by atoms with Crippen molar-refractivity contribution in [3.05, 3.63) is 69.0 Å². The molecular weight excluding hydrogens is 459 g/mol. The molecule has 1 aromatic carbocycles. The molecule has 3 aromatic rings. The molecule has 2 N–H and O–H groups in total. The van der Waals surface area contributed by atoms with Gasteiger partial charge in [-0.1, -0.05) is 18.2 Å². The molecule has 0 unspecified atom stereocenters. The fourth-order valence-corrected chi connectivity index (χ4v) is 4.84. The minimum absolute atomic E-state index is 0.0419. The molecule has 35 heavy (non-hydrogen) atoms. The summed E-state index contributed by atoms with van der Waals surface area (Å²) in [5.41, 5.74) is 1.45. The van der Waals surface area contributed by atoms with Gasteiger partial charge in [0.1, 0.15) is 5.82 Å². The maximum atomic E-state index is 14.8. The Balaban J connectivity index is 1.59. The lowest BCUT2D eigenvalue weighted by Crippen LogP contribution is -2.46. The summed E-state index contributed by atoms with van der Waals surface area (Å²) >= 11 is 0. The number of hydrogen-bond acceptors (Lipinski definition) is 6. The summed E-state index contributed by atoms with van der Waals surface area (Å²) in [5.74, 6) is -0.611. The Bertz CT molecular complexity index is 1390. The predicted octanol–water partition coefficient (Wildman–Crippen LogP) is 4.03. The van der Waals surface area contributed by atoms with E-state index in [1.54, 1.807) is 13.8 Å². The van der Waals surface area contributed by atoms with Gasteiger partial charge in [0.15, 0.2) is 5.82 Å². The van der Waals surface area contributed by atoms with Crippen LogP contribution in [0.15, 0.2) is 35.1 Å². The van der Waals surface area contributed by atoms with Crippen LogP contribution < -0.4 is 16.2 Å². The third kappa shape index (κ3) is 4.32.